The van der Waals surface area contributed by atoms with Crippen LogP contribution < -0.4 is 5.73 Å². The SMILES string of the molecule is CCC(C)CN(CC)C(CN)c1ccncn1. The second-order valence-corrected chi connectivity index (χ2v) is 4.49. The van der Waals surface area contributed by atoms with E-state index in [9.17, 15) is 0 Å². The van der Waals surface area contributed by atoms with Crippen LogP contribution >= 0.6 is 0 Å². The van der Waals surface area contributed by atoms with Crippen molar-refractivity contribution in [2.75, 3.05) is 19.6 Å². The summed E-state index contributed by atoms with van der Waals surface area (Å²) in [5.74, 6) is 0.686. The quantitative estimate of drug-likeness (QED) is 0.785. The Bertz CT molecular complexity index is 302. The second-order valence-electron chi connectivity index (χ2n) is 4.49. The molecule has 0 fully saturated rings. The number of rotatable bonds is 7. The van der Waals surface area contributed by atoms with E-state index in [2.05, 4.69) is 35.6 Å². The van der Waals surface area contributed by atoms with Crippen molar-refractivity contribution in [1.29, 1.82) is 0 Å². The van der Waals surface area contributed by atoms with Gasteiger partial charge in [0.15, 0.2) is 0 Å². The van der Waals surface area contributed by atoms with Crippen LogP contribution in [0.5, 0.6) is 0 Å². The number of nitrogens with zero attached hydrogens (tertiary/aromatic N) is 3. The van der Waals surface area contributed by atoms with Crippen molar-refractivity contribution in [1.82, 2.24) is 14.9 Å². The molecule has 0 amide bonds. The highest BCUT2D eigenvalue weighted by Gasteiger charge is 2.20. The molecule has 96 valence electrons. The molecule has 2 unspecified atom stereocenters. The molecule has 1 aromatic heterocycles. The summed E-state index contributed by atoms with van der Waals surface area (Å²) in [6.45, 7) is 9.33. The Labute approximate surface area is 104 Å². The summed E-state index contributed by atoms with van der Waals surface area (Å²) in [5.41, 5.74) is 6.92. The first-order chi connectivity index (χ1) is 8.22. The van der Waals surface area contributed by atoms with Crippen LogP contribution in [-0.2, 0) is 0 Å². The van der Waals surface area contributed by atoms with Crippen molar-refractivity contribution in [2.45, 2.75) is 33.2 Å². The molecule has 0 aliphatic heterocycles. The van der Waals surface area contributed by atoms with Gasteiger partial charge in [-0.05, 0) is 18.5 Å². The first kappa shape index (κ1) is 14.1. The van der Waals surface area contributed by atoms with Gasteiger partial charge in [-0.2, -0.15) is 0 Å². The van der Waals surface area contributed by atoms with Crippen molar-refractivity contribution in [3.63, 3.8) is 0 Å². The fourth-order valence-corrected chi connectivity index (χ4v) is 1.96. The lowest BCUT2D eigenvalue weighted by molar-refractivity contribution is 0.179. The van der Waals surface area contributed by atoms with Crippen LogP contribution in [0.25, 0.3) is 0 Å². The van der Waals surface area contributed by atoms with Gasteiger partial charge in [-0.3, -0.25) is 4.90 Å². The van der Waals surface area contributed by atoms with Crippen LogP contribution in [0.1, 0.15) is 38.9 Å². The Morgan fingerprint density at radius 2 is 2.18 bits per heavy atom. The largest absolute Gasteiger partial charge is 0.329 e. The van der Waals surface area contributed by atoms with Crippen molar-refractivity contribution in [2.24, 2.45) is 11.7 Å². The van der Waals surface area contributed by atoms with Gasteiger partial charge in [0.1, 0.15) is 6.33 Å². The van der Waals surface area contributed by atoms with Gasteiger partial charge < -0.3 is 5.73 Å². The Morgan fingerprint density at radius 1 is 1.41 bits per heavy atom. The minimum absolute atomic E-state index is 0.206. The summed E-state index contributed by atoms with van der Waals surface area (Å²) in [5, 5.41) is 0. The number of likely N-dealkylation sites (N-methyl/N-ethyl adjacent to an activating group) is 1. The van der Waals surface area contributed by atoms with Crippen LogP contribution in [0.2, 0.25) is 0 Å². The molecule has 0 bridgehead atoms. The third-order valence-electron chi connectivity index (χ3n) is 3.26. The standard InChI is InChI=1S/C13H24N4/c1-4-11(3)9-17(5-2)13(8-14)12-6-7-15-10-16-12/h6-7,10-11,13H,4-5,8-9,14H2,1-3H3. The van der Waals surface area contributed by atoms with Gasteiger partial charge in [0.05, 0.1) is 11.7 Å². The lowest BCUT2D eigenvalue weighted by atomic mass is 10.1. The molecule has 0 radical (unpaired) electrons. The van der Waals surface area contributed by atoms with Crippen molar-refractivity contribution >= 4 is 0 Å². The lowest BCUT2D eigenvalue weighted by Gasteiger charge is -2.31. The highest BCUT2D eigenvalue weighted by Crippen LogP contribution is 2.18. The van der Waals surface area contributed by atoms with E-state index in [0.29, 0.717) is 12.5 Å². The van der Waals surface area contributed by atoms with Gasteiger partial charge in [-0.25, -0.2) is 9.97 Å². The molecule has 2 N–H and O–H groups in total. The molecule has 1 aromatic rings. The number of aromatic nitrogens is 2. The molecule has 0 aliphatic rings. The van der Waals surface area contributed by atoms with Crippen LogP contribution in [0.4, 0.5) is 0 Å². The maximum atomic E-state index is 5.90. The normalized spacial score (nSPS) is 14.9. The zero-order valence-electron chi connectivity index (χ0n) is 11.1. The molecule has 0 saturated carbocycles. The summed E-state index contributed by atoms with van der Waals surface area (Å²) in [6.07, 6.45) is 4.56. The molecule has 0 spiro atoms. The van der Waals surface area contributed by atoms with E-state index in [1.165, 1.54) is 6.42 Å². The van der Waals surface area contributed by atoms with E-state index in [-0.39, 0.29) is 6.04 Å². The summed E-state index contributed by atoms with van der Waals surface area (Å²) >= 11 is 0. The van der Waals surface area contributed by atoms with Gasteiger partial charge in [0, 0.05) is 19.3 Å². The number of nitrogens with two attached hydrogens (primary N) is 1. The van der Waals surface area contributed by atoms with Gasteiger partial charge in [0.25, 0.3) is 0 Å². The highest BCUT2D eigenvalue weighted by molar-refractivity contribution is 5.05. The van der Waals surface area contributed by atoms with E-state index in [0.717, 1.165) is 18.8 Å². The molecule has 0 saturated heterocycles. The third-order valence-corrected chi connectivity index (χ3v) is 3.26. The van der Waals surface area contributed by atoms with Crippen LogP contribution in [-0.4, -0.2) is 34.5 Å². The Kier molecular flexibility index (Phi) is 6.08. The van der Waals surface area contributed by atoms with E-state index in [1.807, 2.05) is 6.07 Å². The summed E-state index contributed by atoms with van der Waals surface area (Å²) in [4.78, 5) is 10.7. The summed E-state index contributed by atoms with van der Waals surface area (Å²) in [7, 11) is 0. The van der Waals surface area contributed by atoms with Crippen molar-refractivity contribution in [3.8, 4) is 0 Å². The number of hydrogen-bond donors (Lipinski definition) is 1. The summed E-state index contributed by atoms with van der Waals surface area (Å²) in [6, 6.07) is 2.16. The molecular weight excluding hydrogens is 212 g/mol. The molecular formula is C13H24N4. The maximum absolute atomic E-state index is 5.90. The highest BCUT2D eigenvalue weighted by atomic mass is 15.2. The lowest BCUT2D eigenvalue weighted by Crippen LogP contribution is -2.37. The predicted molar refractivity (Wildman–Crippen MR) is 70.5 cm³/mol. The molecule has 1 rings (SSSR count). The van der Waals surface area contributed by atoms with Gasteiger partial charge in [0.2, 0.25) is 0 Å². The first-order valence-corrected chi connectivity index (χ1v) is 6.42. The molecule has 17 heavy (non-hydrogen) atoms. The molecule has 0 aliphatic carbocycles. The predicted octanol–water partition coefficient (Wildman–Crippen LogP) is 1.84. The maximum Gasteiger partial charge on any atom is 0.115 e. The minimum atomic E-state index is 0.206. The van der Waals surface area contributed by atoms with Crippen LogP contribution in [0.3, 0.4) is 0 Å². The fourth-order valence-electron chi connectivity index (χ4n) is 1.96. The molecule has 2 atom stereocenters. The van der Waals surface area contributed by atoms with Gasteiger partial charge in [-0.1, -0.05) is 27.2 Å². The fraction of sp³-hybridized carbons (Fsp3) is 0.692. The summed E-state index contributed by atoms with van der Waals surface area (Å²) < 4.78 is 0. The molecule has 4 nitrogen and oxygen atoms in total. The topological polar surface area (TPSA) is 55.0 Å². The van der Waals surface area contributed by atoms with Gasteiger partial charge in [-0.15, -0.1) is 0 Å². The van der Waals surface area contributed by atoms with E-state index in [1.54, 1.807) is 12.5 Å². The zero-order chi connectivity index (χ0) is 12.7. The van der Waals surface area contributed by atoms with E-state index >= 15 is 0 Å². The molecule has 0 aromatic carbocycles. The second kappa shape index (κ2) is 7.35. The Balaban J connectivity index is 2.76. The monoisotopic (exact) mass is 236 g/mol. The molecule has 1 heterocycles. The van der Waals surface area contributed by atoms with Gasteiger partial charge >= 0.3 is 0 Å². The molecule has 4 heteroatoms. The zero-order valence-corrected chi connectivity index (χ0v) is 11.1. The average Bonchev–Trinajstić information content (AvgIpc) is 2.39. The van der Waals surface area contributed by atoms with Crippen molar-refractivity contribution in [3.05, 3.63) is 24.3 Å². The minimum Gasteiger partial charge on any atom is -0.329 e. The number of hydrogen-bond acceptors (Lipinski definition) is 4. The first-order valence-electron chi connectivity index (χ1n) is 6.42. The third kappa shape index (κ3) is 4.06. The van der Waals surface area contributed by atoms with E-state index < -0.39 is 0 Å². The Hall–Kier alpha value is -1.00. The Morgan fingerprint density at radius 3 is 2.65 bits per heavy atom. The van der Waals surface area contributed by atoms with Crippen LogP contribution in [0.15, 0.2) is 18.6 Å². The average molecular weight is 236 g/mol. The van der Waals surface area contributed by atoms with Crippen molar-refractivity contribution < 1.29 is 0 Å². The van der Waals surface area contributed by atoms with E-state index in [4.69, 9.17) is 5.73 Å². The smallest absolute Gasteiger partial charge is 0.115 e. The van der Waals surface area contributed by atoms with Crippen LogP contribution in [0, 0.1) is 5.92 Å².